The lowest BCUT2D eigenvalue weighted by atomic mass is 10.2. The first-order valence-electron chi connectivity index (χ1n) is 8.67. The summed E-state index contributed by atoms with van der Waals surface area (Å²) in [5.41, 5.74) is 1.43. The first-order valence-corrected chi connectivity index (χ1v) is 10.1. The molecule has 0 atom stereocenters. The minimum absolute atomic E-state index is 0.0407. The molecule has 5 nitrogen and oxygen atoms in total. The van der Waals surface area contributed by atoms with Crippen LogP contribution in [0, 0.1) is 0 Å². The van der Waals surface area contributed by atoms with Crippen molar-refractivity contribution in [3.63, 3.8) is 0 Å². The fourth-order valence-corrected chi connectivity index (χ4v) is 4.19. The Hall–Kier alpha value is -3.38. The van der Waals surface area contributed by atoms with Crippen LogP contribution in [-0.2, 0) is 10.0 Å². The van der Waals surface area contributed by atoms with Crippen molar-refractivity contribution in [1.82, 2.24) is 0 Å². The van der Waals surface area contributed by atoms with Crippen molar-refractivity contribution in [2.24, 2.45) is 0 Å². The predicted octanol–water partition coefficient (Wildman–Crippen LogP) is 4.32. The zero-order valence-electron chi connectivity index (χ0n) is 15.2. The van der Waals surface area contributed by atoms with Gasteiger partial charge < -0.3 is 5.32 Å². The summed E-state index contributed by atoms with van der Waals surface area (Å²) in [4.78, 5) is 12.6. The number of hydrogen-bond acceptors (Lipinski definition) is 3. The van der Waals surface area contributed by atoms with Crippen molar-refractivity contribution in [3.05, 3.63) is 103 Å². The van der Waals surface area contributed by atoms with E-state index < -0.39 is 10.0 Å². The van der Waals surface area contributed by atoms with Crippen LogP contribution in [0.3, 0.4) is 0 Å². The van der Waals surface area contributed by atoms with E-state index in [2.05, 4.69) is 11.9 Å². The van der Waals surface area contributed by atoms with E-state index in [9.17, 15) is 13.2 Å². The highest BCUT2D eigenvalue weighted by atomic mass is 32.2. The average molecular weight is 392 g/mol. The smallest absolute Gasteiger partial charge is 0.264 e. The lowest BCUT2D eigenvalue weighted by Crippen LogP contribution is -2.31. The Balaban J connectivity index is 1.93. The van der Waals surface area contributed by atoms with Crippen LogP contribution in [0.1, 0.15) is 10.4 Å². The Bertz CT molecular complexity index is 1070. The summed E-state index contributed by atoms with van der Waals surface area (Å²) in [7, 11) is -3.86. The second-order valence-electron chi connectivity index (χ2n) is 6.01. The van der Waals surface area contributed by atoms with E-state index in [1.165, 1.54) is 22.5 Å². The molecular formula is C22H20N2O3S. The van der Waals surface area contributed by atoms with E-state index in [0.717, 1.165) is 0 Å². The Morgan fingerprint density at radius 3 is 2.21 bits per heavy atom. The number of anilines is 2. The highest BCUT2D eigenvalue weighted by Crippen LogP contribution is 2.24. The van der Waals surface area contributed by atoms with E-state index in [1.54, 1.807) is 48.5 Å². The normalized spacial score (nSPS) is 10.9. The third-order valence-corrected chi connectivity index (χ3v) is 5.84. The van der Waals surface area contributed by atoms with Gasteiger partial charge in [0, 0.05) is 11.3 Å². The van der Waals surface area contributed by atoms with Gasteiger partial charge in [0.2, 0.25) is 0 Å². The summed E-state index contributed by atoms with van der Waals surface area (Å²) in [5, 5.41) is 2.76. The topological polar surface area (TPSA) is 66.5 Å². The molecule has 0 saturated heterocycles. The van der Waals surface area contributed by atoms with Crippen molar-refractivity contribution in [2.75, 3.05) is 16.2 Å². The number of amides is 1. The zero-order valence-corrected chi connectivity index (χ0v) is 16.0. The summed E-state index contributed by atoms with van der Waals surface area (Å²) in [6.45, 7) is 3.77. The van der Waals surface area contributed by atoms with E-state index in [0.29, 0.717) is 11.4 Å². The average Bonchev–Trinajstić information content (AvgIpc) is 2.73. The first-order chi connectivity index (χ1) is 13.5. The largest absolute Gasteiger partial charge is 0.322 e. The molecule has 3 rings (SSSR count). The number of rotatable bonds is 7. The molecule has 0 aliphatic heterocycles. The number of hydrogen-bond donors (Lipinski definition) is 1. The molecule has 0 saturated carbocycles. The van der Waals surface area contributed by atoms with Gasteiger partial charge in [-0.2, -0.15) is 0 Å². The zero-order chi connectivity index (χ0) is 20.0. The molecule has 0 aromatic heterocycles. The number of nitrogens with one attached hydrogen (secondary N) is 1. The van der Waals surface area contributed by atoms with Gasteiger partial charge in [-0.15, -0.1) is 6.58 Å². The highest BCUT2D eigenvalue weighted by molar-refractivity contribution is 7.92. The number of benzene rings is 3. The standard InChI is InChI=1S/C22H20N2O3S/c1-2-16-24(20-13-7-4-8-14-20)28(26,27)21-15-9-10-18(17-21)22(25)23-19-11-5-3-6-12-19/h2-15,17H,1,16H2,(H,23,25). The molecule has 142 valence electrons. The fourth-order valence-electron chi connectivity index (χ4n) is 2.70. The lowest BCUT2D eigenvalue weighted by molar-refractivity contribution is 0.102. The third-order valence-electron chi connectivity index (χ3n) is 4.05. The van der Waals surface area contributed by atoms with Crippen molar-refractivity contribution in [2.45, 2.75) is 4.90 Å². The molecule has 0 heterocycles. The molecule has 0 radical (unpaired) electrons. The quantitative estimate of drug-likeness (QED) is 0.609. The Kier molecular flexibility index (Phi) is 5.91. The van der Waals surface area contributed by atoms with Crippen LogP contribution in [0.4, 0.5) is 11.4 Å². The molecule has 3 aromatic rings. The van der Waals surface area contributed by atoms with Gasteiger partial charge in [-0.3, -0.25) is 9.10 Å². The van der Waals surface area contributed by atoms with Crippen molar-refractivity contribution in [3.8, 4) is 0 Å². The molecule has 1 N–H and O–H groups in total. The van der Waals surface area contributed by atoms with Crippen LogP contribution in [-0.4, -0.2) is 20.9 Å². The van der Waals surface area contributed by atoms with E-state index >= 15 is 0 Å². The number of carbonyl (C=O) groups excluding carboxylic acids is 1. The van der Waals surface area contributed by atoms with Gasteiger partial charge in [-0.1, -0.05) is 48.5 Å². The molecule has 0 unspecified atom stereocenters. The van der Waals surface area contributed by atoms with Gasteiger partial charge in [-0.05, 0) is 42.5 Å². The fraction of sp³-hybridized carbons (Fsp3) is 0.0455. The molecular weight excluding hydrogens is 372 g/mol. The van der Waals surface area contributed by atoms with Crippen molar-refractivity contribution >= 4 is 27.3 Å². The summed E-state index contributed by atoms with van der Waals surface area (Å²) < 4.78 is 27.7. The number of nitrogens with zero attached hydrogens (tertiary/aromatic N) is 1. The van der Waals surface area contributed by atoms with Crippen LogP contribution < -0.4 is 9.62 Å². The minimum Gasteiger partial charge on any atom is -0.322 e. The third kappa shape index (κ3) is 4.29. The second-order valence-corrected chi connectivity index (χ2v) is 7.87. The van der Waals surface area contributed by atoms with Crippen LogP contribution in [0.2, 0.25) is 0 Å². The summed E-state index contributed by atoms with van der Waals surface area (Å²) >= 11 is 0. The van der Waals surface area contributed by atoms with Crippen molar-refractivity contribution < 1.29 is 13.2 Å². The molecule has 0 fully saturated rings. The monoisotopic (exact) mass is 392 g/mol. The SMILES string of the molecule is C=CCN(c1ccccc1)S(=O)(=O)c1cccc(C(=O)Nc2ccccc2)c1. The van der Waals surface area contributed by atoms with Gasteiger partial charge in [0.05, 0.1) is 17.1 Å². The first kappa shape index (κ1) is 19.4. The summed E-state index contributed by atoms with van der Waals surface area (Å²) in [6.07, 6.45) is 1.52. The predicted molar refractivity (Wildman–Crippen MR) is 112 cm³/mol. The van der Waals surface area contributed by atoms with Crippen LogP contribution in [0.5, 0.6) is 0 Å². The maximum absolute atomic E-state index is 13.2. The minimum atomic E-state index is -3.86. The second kappa shape index (κ2) is 8.54. The van der Waals surface area contributed by atoms with E-state index in [1.807, 2.05) is 24.3 Å². The van der Waals surface area contributed by atoms with Gasteiger partial charge >= 0.3 is 0 Å². The Labute approximate surface area is 165 Å². The number of sulfonamides is 1. The number of carbonyl (C=O) groups is 1. The van der Waals surface area contributed by atoms with Gasteiger partial charge in [0.15, 0.2) is 0 Å². The molecule has 3 aromatic carbocycles. The van der Waals surface area contributed by atoms with E-state index in [-0.39, 0.29) is 22.9 Å². The molecule has 1 amide bonds. The van der Waals surface area contributed by atoms with Gasteiger partial charge in [0.1, 0.15) is 0 Å². The highest BCUT2D eigenvalue weighted by Gasteiger charge is 2.24. The molecule has 0 bridgehead atoms. The van der Waals surface area contributed by atoms with Crippen molar-refractivity contribution in [1.29, 1.82) is 0 Å². The van der Waals surface area contributed by atoms with Gasteiger partial charge in [-0.25, -0.2) is 8.42 Å². The molecule has 0 aliphatic carbocycles. The van der Waals surface area contributed by atoms with Crippen LogP contribution >= 0.6 is 0 Å². The van der Waals surface area contributed by atoms with Crippen LogP contribution in [0.25, 0.3) is 0 Å². The van der Waals surface area contributed by atoms with Crippen LogP contribution in [0.15, 0.2) is 102 Å². The maximum Gasteiger partial charge on any atom is 0.264 e. The lowest BCUT2D eigenvalue weighted by Gasteiger charge is -2.23. The molecule has 0 aliphatic rings. The van der Waals surface area contributed by atoms with E-state index in [4.69, 9.17) is 0 Å². The summed E-state index contributed by atoms with van der Waals surface area (Å²) in [6, 6.07) is 23.8. The Morgan fingerprint density at radius 2 is 1.57 bits per heavy atom. The summed E-state index contributed by atoms with van der Waals surface area (Å²) in [5.74, 6) is -0.377. The molecule has 6 heteroatoms. The Morgan fingerprint density at radius 1 is 0.929 bits per heavy atom. The van der Waals surface area contributed by atoms with Gasteiger partial charge in [0.25, 0.3) is 15.9 Å². The molecule has 0 spiro atoms. The molecule has 28 heavy (non-hydrogen) atoms. The number of para-hydroxylation sites is 2. The maximum atomic E-state index is 13.2.